The molecule has 6 heterocycles. The van der Waals surface area contributed by atoms with Gasteiger partial charge in [0.15, 0.2) is 17.1 Å². The minimum absolute atomic E-state index is 0.0140. The summed E-state index contributed by atoms with van der Waals surface area (Å²) in [6.07, 6.45) is -4.11. The van der Waals surface area contributed by atoms with E-state index in [-0.39, 0.29) is 17.5 Å². The van der Waals surface area contributed by atoms with Crippen LogP contribution in [0.25, 0.3) is 44.6 Å². The molecule has 0 aliphatic heterocycles. The number of alkyl halides is 6. The first-order valence-electron chi connectivity index (χ1n) is 19.3. The van der Waals surface area contributed by atoms with Gasteiger partial charge in [-0.3, -0.25) is 25.0 Å². The Balaban J connectivity index is 0.000000175. The zero-order chi connectivity index (χ0) is 45.6. The highest BCUT2D eigenvalue weighted by molar-refractivity contribution is 5.98. The van der Waals surface area contributed by atoms with Crippen molar-refractivity contribution in [2.75, 3.05) is 5.73 Å². The van der Waals surface area contributed by atoms with Crippen LogP contribution in [0.5, 0.6) is 0 Å². The number of H-pyrrole nitrogens is 2. The van der Waals surface area contributed by atoms with Gasteiger partial charge in [-0.1, -0.05) is 32.0 Å². The first-order valence-corrected chi connectivity index (χ1v) is 19.3. The molecule has 63 heavy (non-hydrogen) atoms. The molecule has 6 aromatic heterocycles. The zero-order valence-electron chi connectivity index (χ0n) is 34.2. The van der Waals surface area contributed by atoms with Crippen LogP contribution in [0.4, 0.5) is 32.0 Å². The maximum Gasteiger partial charge on any atom is 0.416 e. The summed E-state index contributed by atoms with van der Waals surface area (Å²) in [5.41, 5.74) is 13.2. The molecule has 0 amide bonds. The number of carboxylic acid groups (broad SMARTS) is 1. The first kappa shape index (κ1) is 45.0. The summed E-state index contributed by atoms with van der Waals surface area (Å²) in [4.78, 5) is 40.7. The standard InChI is InChI=1S/C23H19F3N4O.C14H15N5.C8H5F3O2/c1-3-19-17-7-8-20(28-22(17)30-29-19)18-9-14(12-27-13(18)2)10-21(31)15-5-4-6-16(11-15)23(24,25)26;1-3-12-10-4-5-13(17-14(10)19-18-12)11-6-9(15)7-16-8(11)2;9-8(10,11)6-3-1-2-5(4-6)7(12)13/h4-9,11-12H,3,10H2,1-2H3,(H,28,29,30);4-7H,3,15H2,1-2H3,(H,17,18,19);1-4H,(H,12,13). The summed E-state index contributed by atoms with van der Waals surface area (Å²) in [6, 6.07) is 19.6. The fourth-order valence-corrected chi connectivity index (χ4v) is 6.46. The number of carboxylic acids is 1. The predicted molar refractivity (Wildman–Crippen MR) is 225 cm³/mol. The maximum absolute atomic E-state index is 12.9. The quantitative estimate of drug-likeness (QED) is 0.0845. The monoisotopic (exact) mass is 867 g/mol. The number of ketones is 1. The average molecular weight is 868 g/mol. The number of hydrogen-bond acceptors (Lipinski definition) is 9. The van der Waals surface area contributed by atoms with Crippen molar-refractivity contribution in [3.63, 3.8) is 0 Å². The number of benzene rings is 2. The highest BCUT2D eigenvalue weighted by atomic mass is 19.4. The summed E-state index contributed by atoms with van der Waals surface area (Å²) in [7, 11) is 0. The van der Waals surface area contributed by atoms with E-state index >= 15 is 0 Å². The van der Waals surface area contributed by atoms with Crippen molar-refractivity contribution in [2.24, 2.45) is 0 Å². The lowest BCUT2D eigenvalue weighted by molar-refractivity contribution is -0.138. The molecule has 5 N–H and O–H groups in total. The third kappa shape index (κ3) is 10.7. The van der Waals surface area contributed by atoms with Gasteiger partial charge in [0, 0.05) is 62.9 Å². The largest absolute Gasteiger partial charge is 0.478 e. The second-order valence-corrected chi connectivity index (χ2v) is 14.2. The molecule has 0 atom stereocenters. The van der Waals surface area contributed by atoms with Crippen LogP contribution < -0.4 is 5.73 Å². The van der Waals surface area contributed by atoms with Crippen LogP contribution in [-0.2, 0) is 31.6 Å². The second kappa shape index (κ2) is 18.6. The van der Waals surface area contributed by atoms with Crippen LogP contribution >= 0.6 is 0 Å². The van der Waals surface area contributed by atoms with Gasteiger partial charge in [0.25, 0.3) is 0 Å². The number of aromatic amines is 2. The molecule has 12 nitrogen and oxygen atoms in total. The van der Waals surface area contributed by atoms with Crippen molar-refractivity contribution < 1.29 is 41.0 Å². The Morgan fingerprint density at radius 3 is 1.62 bits per heavy atom. The van der Waals surface area contributed by atoms with Gasteiger partial charge in [0.2, 0.25) is 0 Å². The number of nitrogens with zero attached hydrogens (tertiary/aromatic N) is 6. The number of anilines is 1. The van der Waals surface area contributed by atoms with Gasteiger partial charge in [-0.05, 0) is 99.0 Å². The number of nitrogens with one attached hydrogen (secondary N) is 2. The molecule has 2 aromatic carbocycles. The van der Waals surface area contributed by atoms with Crippen LogP contribution in [0.1, 0.15) is 74.0 Å². The van der Waals surface area contributed by atoms with Gasteiger partial charge < -0.3 is 10.8 Å². The number of rotatable bonds is 8. The Hall–Kier alpha value is -7.50. The topological polar surface area (TPSA) is 189 Å². The Labute approximate surface area is 355 Å². The number of halogens is 6. The Bertz CT molecular complexity index is 2940. The fraction of sp³-hybridized carbons (Fsp3) is 0.200. The highest BCUT2D eigenvalue weighted by Gasteiger charge is 2.32. The number of nitrogen functional groups attached to an aromatic ring is 1. The molecule has 0 unspecified atom stereocenters. The van der Waals surface area contributed by atoms with Gasteiger partial charge in [-0.2, -0.15) is 36.5 Å². The molecule has 0 spiro atoms. The van der Waals surface area contributed by atoms with Crippen molar-refractivity contribution in [2.45, 2.75) is 59.3 Å². The second-order valence-electron chi connectivity index (χ2n) is 14.2. The van der Waals surface area contributed by atoms with Crippen molar-refractivity contribution >= 4 is 39.5 Å². The number of aryl methyl sites for hydroxylation is 4. The van der Waals surface area contributed by atoms with E-state index in [0.29, 0.717) is 28.7 Å². The van der Waals surface area contributed by atoms with Crippen molar-refractivity contribution in [1.29, 1.82) is 0 Å². The Kier molecular flexibility index (Phi) is 13.3. The highest BCUT2D eigenvalue weighted by Crippen LogP contribution is 2.32. The zero-order valence-corrected chi connectivity index (χ0v) is 34.2. The van der Waals surface area contributed by atoms with E-state index < -0.39 is 35.2 Å². The number of Topliss-reactive ketones (excluding diaryl/α,β-unsaturated/α-hetero) is 1. The lowest BCUT2D eigenvalue weighted by Gasteiger charge is -2.10. The van der Waals surface area contributed by atoms with E-state index in [0.717, 1.165) is 99.2 Å². The predicted octanol–water partition coefficient (Wildman–Crippen LogP) is 10.2. The molecule has 0 aliphatic carbocycles. The van der Waals surface area contributed by atoms with Crippen LogP contribution in [0, 0.1) is 13.8 Å². The number of carbonyl (C=O) groups is 2. The molecular formula is C45H39F6N9O3. The summed E-state index contributed by atoms with van der Waals surface area (Å²) in [5.74, 6) is -1.78. The van der Waals surface area contributed by atoms with Crippen molar-refractivity contribution in [1.82, 2.24) is 40.3 Å². The Morgan fingerprint density at radius 1 is 0.651 bits per heavy atom. The number of aromatic nitrogens is 8. The average Bonchev–Trinajstić information content (AvgIpc) is 3.88. The summed E-state index contributed by atoms with van der Waals surface area (Å²) in [5, 5.41) is 24.9. The van der Waals surface area contributed by atoms with Crippen LogP contribution in [0.15, 0.2) is 97.3 Å². The van der Waals surface area contributed by atoms with Gasteiger partial charge in [0.05, 0.1) is 40.0 Å². The third-order valence-corrected chi connectivity index (χ3v) is 9.82. The van der Waals surface area contributed by atoms with E-state index in [1.807, 2.05) is 51.1 Å². The van der Waals surface area contributed by atoms with Gasteiger partial charge in [-0.25, -0.2) is 14.8 Å². The molecule has 0 saturated heterocycles. The number of carbonyl (C=O) groups excluding carboxylic acids is 1. The molecule has 0 bridgehead atoms. The summed E-state index contributed by atoms with van der Waals surface area (Å²) in [6.45, 7) is 7.90. The van der Waals surface area contributed by atoms with E-state index in [4.69, 9.17) is 10.8 Å². The lowest BCUT2D eigenvalue weighted by atomic mass is 9.99. The fourth-order valence-electron chi connectivity index (χ4n) is 6.46. The minimum Gasteiger partial charge on any atom is -0.478 e. The van der Waals surface area contributed by atoms with E-state index in [9.17, 15) is 35.9 Å². The molecule has 0 fully saturated rings. The summed E-state index contributed by atoms with van der Waals surface area (Å²) < 4.78 is 74.9. The molecule has 0 aliphatic rings. The normalized spacial score (nSPS) is 11.5. The molecular weight excluding hydrogens is 829 g/mol. The smallest absolute Gasteiger partial charge is 0.416 e. The SMILES string of the molecule is CCc1[nH]nc2nc(-c3cc(CC(=O)c4cccc(C(F)(F)F)c4)cnc3C)ccc12.CCc1[nH]nc2nc(-c3cc(N)cnc3C)ccc12.O=C(O)c1cccc(C(F)(F)F)c1. The van der Waals surface area contributed by atoms with Crippen LogP contribution in [0.2, 0.25) is 0 Å². The molecule has 324 valence electrons. The van der Waals surface area contributed by atoms with E-state index in [1.165, 1.54) is 12.1 Å². The van der Waals surface area contributed by atoms with Crippen LogP contribution in [-0.4, -0.2) is 57.2 Å². The summed E-state index contributed by atoms with van der Waals surface area (Å²) >= 11 is 0. The van der Waals surface area contributed by atoms with E-state index in [1.54, 1.807) is 18.5 Å². The van der Waals surface area contributed by atoms with Crippen LogP contribution in [0.3, 0.4) is 0 Å². The molecule has 18 heteroatoms. The van der Waals surface area contributed by atoms with Crippen molar-refractivity contribution in [3.05, 3.63) is 148 Å². The number of nitrogens with two attached hydrogens (primary N) is 1. The number of aromatic carboxylic acids is 1. The van der Waals surface area contributed by atoms with Gasteiger partial charge in [0.1, 0.15) is 0 Å². The Morgan fingerprint density at radius 2 is 1.13 bits per heavy atom. The van der Waals surface area contributed by atoms with Gasteiger partial charge >= 0.3 is 18.3 Å². The van der Waals surface area contributed by atoms with Gasteiger partial charge in [-0.15, -0.1) is 0 Å². The maximum atomic E-state index is 12.9. The molecule has 8 rings (SSSR count). The number of fused-ring (bicyclic) bond motifs is 2. The lowest BCUT2D eigenvalue weighted by Crippen LogP contribution is -2.09. The third-order valence-electron chi connectivity index (χ3n) is 9.82. The number of hydrogen-bond donors (Lipinski definition) is 4. The van der Waals surface area contributed by atoms with Crippen molar-refractivity contribution in [3.8, 4) is 22.5 Å². The minimum atomic E-state index is -4.50. The molecule has 8 aromatic rings. The van der Waals surface area contributed by atoms with E-state index in [2.05, 4.69) is 47.3 Å². The molecule has 0 saturated carbocycles. The molecule has 0 radical (unpaired) electrons. The first-order chi connectivity index (χ1) is 29.9. The number of pyridine rings is 4.